The van der Waals surface area contributed by atoms with Crippen molar-refractivity contribution in [2.24, 2.45) is 11.7 Å². The number of rotatable bonds is 4. The van der Waals surface area contributed by atoms with E-state index in [9.17, 15) is 0 Å². The molecule has 1 aliphatic heterocycles. The van der Waals surface area contributed by atoms with Gasteiger partial charge in [0.1, 0.15) is 0 Å². The normalized spacial score (nSPS) is 26.3. The van der Waals surface area contributed by atoms with E-state index in [2.05, 4.69) is 38.7 Å². The van der Waals surface area contributed by atoms with Gasteiger partial charge in [0.05, 0.1) is 11.2 Å². The number of hydrogen-bond donors (Lipinski definition) is 1. The Hall–Kier alpha value is -0.930. The Kier molecular flexibility index (Phi) is 3.98. The van der Waals surface area contributed by atoms with Crippen LogP contribution in [0, 0.1) is 5.92 Å². The van der Waals surface area contributed by atoms with Crippen LogP contribution in [0.25, 0.3) is 0 Å². The van der Waals surface area contributed by atoms with Crippen molar-refractivity contribution >= 4 is 0 Å². The number of nitrogens with zero attached hydrogens (tertiary/aromatic N) is 1. The highest BCUT2D eigenvalue weighted by Gasteiger charge is 2.47. The Bertz CT molecular complexity index is 414. The van der Waals surface area contributed by atoms with Gasteiger partial charge < -0.3 is 10.5 Å². The van der Waals surface area contributed by atoms with Crippen molar-refractivity contribution in [2.45, 2.75) is 64.2 Å². The second kappa shape index (κ2) is 5.22. The minimum atomic E-state index is -0.127. The van der Waals surface area contributed by atoms with Crippen LogP contribution in [0.1, 0.15) is 46.1 Å². The Labute approximate surface area is 116 Å². The SMILES string of the molecule is CC1(C)CC(C(N)CCc2cccnc2)C(C)(C)O1. The van der Waals surface area contributed by atoms with Gasteiger partial charge in [0, 0.05) is 24.4 Å². The average Bonchev–Trinajstić information content (AvgIpc) is 2.56. The molecule has 2 unspecified atom stereocenters. The van der Waals surface area contributed by atoms with Crippen molar-refractivity contribution in [3.05, 3.63) is 30.1 Å². The molecule has 0 spiro atoms. The standard InChI is InChI=1S/C16H26N2O/c1-15(2)10-13(16(3,4)19-15)14(17)8-7-12-6-5-9-18-11-12/h5-6,9,11,13-14H,7-8,10,17H2,1-4H3. The molecule has 1 fully saturated rings. The first-order valence-corrected chi connectivity index (χ1v) is 7.15. The lowest BCUT2D eigenvalue weighted by Crippen LogP contribution is -2.41. The third kappa shape index (κ3) is 3.54. The number of hydrogen-bond acceptors (Lipinski definition) is 3. The van der Waals surface area contributed by atoms with E-state index in [1.807, 2.05) is 12.3 Å². The van der Waals surface area contributed by atoms with Gasteiger partial charge in [0.25, 0.3) is 0 Å². The third-order valence-corrected chi connectivity index (χ3v) is 4.15. The van der Waals surface area contributed by atoms with E-state index in [1.165, 1.54) is 5.56 Å². The lowest BCUT2D eigenvalue weighted by molar-refractivity contribution is -0.0767. The average molecular weight is 262 g/mol. The fourth-order valence-corrected chi connectivity index (χ4v) is 3.35. The molecule has 19 heavy (non-hydrogen) atoms. The first-order valence-electron chi connectivity index (χ1n) is 7.15. The lowest BCUT2D eigenvalue weighted by Gasteiger charge is -2.31. The smallest absolute Gasteiger partial charge is 0.0677 e. The number of nitrogens with two attached hydrogens (primary N) is 1. The van der Waals surface area contributed by atoms with Gasteiger partial charge in [-0.3, -0.25) is 4.98 Å². The van der Waals surface area contributed by atoms with Gasteiger partial charge >= 0.3 is 0 Å². The summed E-state index contributed by atoms with van der Waals surface area (Å²) < 4.78 is 6.13. The highest BCUT2D eigenvalue weighted by molar-refractivity contribution is 5.09. The molecule has 0 aromatic carbocycles. The highest BCUT2D eigenvalue weighted by atomic mass is 16.5. The van der Waals surface area contributed by atoms with Crippen LogP contribution in [0.3, 0.4) is 0 Å². The van der Waals surface area contributed by atoms with Crippen LogP contribution in [0.2, 0.25) is 0 Å². The Morgan fingerprint density at radius 2 is 2.16 bits per heavy atom. The second-order valence-corrected chi connectivity index (χ2v) is 6.84. The quantitative estimate of drug-likeness (QED) is 0.907. The van der Waals surface area contributed by atoms with Crippen LogP contribution in [0.4, 0.5) is 0 Å². The summed E-state index contributed by atoms with van der Waals surface area (Å²) in [5, 5.41) is 0. The summed E-state index contributed by atoms with van der Waals surface area (Å²) in [6.45, 7) is 8.64. The molecule has 2 N–H and O–H groups in total. The summed E-state index contributed by atoms with van der Waals surface area (Å²) in [6.07, 6.45) is 6.74. The molecule has 0 bridgehead atoms. The molecule has 0 saturated carbocycles. The zero-order valence-corrected chi connectivity index (χ0v) is 12.5. The van der Waals surface area contributed by atoms with Crippen LogP contribution >= 0.6 is 0 Å². The van der Waals surface area contributed by atoms with E-state index >= 15 is 0 Å². The summed E-state index contributed by atoms with van der Waals surface area (Å²) in [6, 6.07) is 4.27. The summed E-state index contributed by atoms with van der Waals surface area (Å²) in [5.74, 6) is 0.416. The molecule has 1 saturated heterocycles. The molecule has 2 atom stereocenters. The van der Waals surface area contributed by atoms with Gasteiger partial charge in [-0.05, 0) is 58.6 Å². The minimum absolute atomic E-state index is 0.0555. The molecule has 1 aliphatic rings. The van der Waals surface area contributed by atoms with Crippen molar-refractivity contribution in [1.82, 2.24) is 4.98 Å². The van der Waals surface area contributed by atoms with Crippen molar-refractivity contribution in [3.8, 4) is 0 Å². The van der Waals surface area contributed by atoms with Gasteiger partial charge in [-0.1, -0.05) is 6.07 Å². The van der Waals surface area contributed by atoms with E-state index < -0.39 is 0 Å². The number of aryl methyl sites for hydroxylation is 1. The monoisotopic (exact) mass is 262 g/mol. The highest BCUT2D eigenvalue weighted by Crippen LogP contribution is 2.43. The van der Waals surface area contributed by atoms with Gasteiger partial charge in [-0.25, -0.2) is 0 Å². The topological polar surface area (TPSA) is 48.1 Å². The van der Waals surface area contributed by atoms with Gasteiger partial charge in [-0.2, -0.15) is 0 Å². The minimum Gasteiger partial charge on any atom is -0.369 e. The van der Waals surface area contributed by atoms with Gasteiger partial charge in [0.2, 0.25) is 0 Å². The summed E-state index contributed by atoms with van der Waals surface area (Å²) in [5.41, 5.74) is 7.50. The fraction of sp³-hybridized carbons (Fsp3) is 0.688. The summed E-state index contributed by atoms with van der Waals surface area (Å²) in [4.78, 5) is 4.15. The maximum Gasteiger partial charge on any atom is 0.0677 e. The lowest BCUT2D eigenvalue weighted by atomic mass is 9.80. The van der Waals surface area contributed by atoms with Crippen LogP contribution in [0.5, 0.6) is 0 Å². The molecule has 3 heteroatoms. The van der Waals surface area contributed by atoms with Crippen LogP contribution in [-0.2, 0) is 11.2 Å². The molecular formula is C16H26N2O. The first-order chi connectivity index (χ1) is 8.80. The van der Waals surface area contributed by atoms with Crippen molar-refractivity contribution in [2.75, 3.05) is 0 Å². The molecule has 106 valence electrons. The van der Waals surface area contributed by atoms with Gasteiger partial charge in [-0.15, -0.1) is 0 Å². The maximum absolute atomic E-state index is 6.42. The van der Waals surface area contributed by atoms with E-state index in [-0.39, 0.29) is 17.2 Å². The van der Waals surface area contributed by atoms with Crippen LogP contribution in [-0.4, -0.2) is 22.2 Å². The van der Waals surface area contributed by atoms with Crippen molar-refractivity contribution < 1.29 is 4.74 Å². The molecule has 0 aliphatic carbocycles. The second-order valence-electron chi connectivity index (χ2n) is 6.84. The Balaban J connectivity index is 1.95. The maximum atomic E-state index is 6.42. The predicted molar refractivity (Wildman–Crippen MR) is 77.9 cm³/mol. The number of pyridine rings is 1. The molecular weight excluding hydrogens is 236 g/mol. The molecule has 1 aromatic rings. The van der Waals surface area contributed by atoms with E-state index in [0.717, 1.165) is 19.3 Å². The Morgan fingerprint density at radius 1 is 1.42 bits per heavy atom. The number of ether oxygens (including phenoxy) is 1. The van der Waals surface area contributed by atoms with Crippen LogP contribution < -0.4 is 5.73 Å². The fourth-order valence-electron chi connectivity index (χ4n) is 3.35. The van der Waals surface area contributed by atoms with Gasteiger partial charge in [0.15, 0.2) is 0 Å². The molecule has 2 heterocycles. The molecule has 0 amide bonds. The number of aromatic nitrogens is 1. The summed E-state index contributed by atoms with van der Waals surface area (Å²) >= 11 is 0. The van der Waals surface area contributed by atoms with Crippen molar-refractivity contribution in [3.63, 3.8) is 0 Å². The summed E-state index contributed by atoms with van der Waals surface area (Å²) in [7, 11) is 0. The molecule has 2 rings (SSSR count). The first kappa shape index (κ1) is 14.5. The molecule has 3 nitrogen and oxygen atoms in total. The van der Waals surface area contributed by atoms with Crippen LogP contribution in [0.15, 0.2) is 24.5 Å². The predicted octanol–water partition coefficient (Wildman–Crippen LogP) is 2.94. The van der Waals surface area contributed by atoms with Crippen molar-refractivity contribution in [1.29, 1.82) is 0 Å². The zero-order chi connectivity index (χ0) is 14.1. The van der Waals surface area contributed by atoms with E-state index in [4.69, 9.17) is 10.5 Å². The zero-order valence-electron chi connectivity index (χ0n) is 12.5. The Morgan fingerprint density at radius 3 is 2.68 bits per heavy atom. The third-order valence-electron chi connectivity index (χ3n) is 4.15. The van der Waals surface area contributed by atoms with E-state index in [0.29, 0.717) is 5.92 Å². The van der Waals surface area contributed by atoms with E-state index in [1.54, 1.807) is 6.20 Å². The molecule has 1 aromatic heterocycles. The molecule has 0 radical (unpaired) electrons. The largest absolute Gasteiger partial charge is 0.369 e.